The molecule has 3 N–H and O–H groups in total. The summed E-state index contributed by atoms with van der Waals surface area (Å²) in [7, 11) is 0. The smallest absolute Gasteiger partial charge is 0.202 e. The maximum absolute atomic E-state index is 5.79. The van der Waals surface area contributed by atoms with Gasteiger partial charge in [-0.05, 0) is 87.6 Å². The topological polar surface area (TPSA) is 72.1 Å². The number of imidazole rings is 1. The molecule has 1 atom stereocenters. The summed E-state index contributed by atoms with van der Waals surface area (Å²) in [6.07, 6.45) is 3.64. The third kappa shape index (κ3) is 3.56. The molecule has 162 valence electrons. The summed E-state index contributed by atoms with van der Waals surface area (Å²) in [6.45, 7) is 0. The van der Waals surface area contributed by atoms with Gasteiger partial charge in [-0.25, -0.2) is 9.98 Å². The maximum atomic E-state index is 5.79. The van der Waals surface area contributed by atoms with E-state index < -0.39 is 0 Å². The molecule has 6 rings (SSSR count). The van der Waals surface area contributed by atoms with E-state index in [1.54, 1.807) is 6.33 Å². The van der Waals surface area contributed by atoms with Crippen molar-refractivity contribution in [3.63, 3.8) is 0 Å². The minimum atomic E-state index is -0.251. The predicted molar refractivity (Wildman–Crippen MR) is 145 cm³/mol. The summed E-state index contributed by atoms with van der Waals surface area (Å²) in [5.74, 6) is 0.757. The molecular weight excluding hydrogens is 564 g/mol. The number of anilines is 2. The number of thiocarbonyl (C=S) groups is 1. The standard InChI is InChI=1S/C24H16Br2N6S/c25-16-3-1-2-4-18(16)30-23-22(15-9-13-7-8-27-20(13)11-17(15)26)32(24(33)31-23)14-5-6-19-21(10-14)29-12-28-19/h1-12,22,27H,(H,28,29)(H,30,31,33). The minimum Gasteiger partial charge on any atom is -0.361 e. The molecular formula is C24H16Br2N6S. The quantitative estimate of drug-likeness (QED) is 0.203. The van der Waals surface area contributed by atoms with Crippen LogP contribution < -0.4 is 10.2 Å². The molecule has 1 aliphatic heterocycles. The van der Waals surface area contributed by atoms with Crippen LogP contribution in [0.4, 0.5) is 11.4 Å². The second-order valence-corrected chi connectivity index (χ2v) is 9.77. The van der Waals surface area contributed by atoms with Crippen molar-refractivity contribution in [2.45, 2.75) is 6.04 Å². The third-order valence-corrected chi connectivity index (χ3v) is 7.39. The first-order chi connectivity index (χ1) is 16.1. The molecule has 0 saturated carbocycles. The lowest BCUT2D eigenvalue weighted by Crippen LogP contribution is -2.33. The number of nitrogens with zero attached hydrogens (tertiary/aromatic N) is 3. The molecule has 2 aromatic heterocycles. The number of hydrogen-bond donors (Lipinski definition) is 3. The van der Waals surface area contributed by atoms with E-state index in [0.29, 0.717) is 5.11 Å². The highest BCUT2D eigenvalue weighted by Crippen LogP contribution is 2.40. The summed E-state index contributed by atoms with van der Waals surface area (Å²) >= 11 is 13.2. The zero-order valence-corrected chi connectivity index (χ0v) is 21.0. The molecule has 0 saturated heterocycles. The summed E-state index contributed by atoms with van der Waals surface area (Å²) in [4.78, 5) is 17.7. The Labute approximate surface area is 211 Å². The van der Waals surface area contributed by atoms with Crippen LogP contribution in [0.15, 0.2) is 87.1 Å². The zero-order valence-electron chi connectivity index (χ0n) is 17.0. The van der Waals surface area contributed by atoms with Crippen LogP contribution in [0.1, 0.15) is 11.6 Å². The van der Waals surface area contributed by atoms with E-state index in [0.717, 1.165) is 53.7 Å². The van der Waals surface area contributed by atoms with E-state index in [9.17, 15) is 0 Å². The Bertz CT molecular complexity index is 1570. The van der Waals surface area contributed by atoms with Crippen LogP contribution in [-0.4, -0.2) is 25.9 Å². The number of fused-ring (bicyclic) bond motifs is 2. The van der Waals surface area contributed by atoms with Gasteiger partial charge in [-0.15, -0.1) is 0 Å². The molecule has 6 nitrogen and oxygen atoms in total. The molecule has 1 aliphatic rings. The largest absolute Gasteiger partial charge is 0.361 e. The molecule has 3 aromatic carbocycles. The van der Waals surface area contributed by atoms with E-state index in [1.165, 1.54) is 0 Å². The van der Waals surface area contributed by atoms with E-state index in [-0.39, 0.29) is 6.04 Å². The highest BCUT2D eigenvalue weighted by atomic mass is 79.9. The van der Waals surface area contributed by atoms with Crippen molar-refractivity contribution in [3.8, 4) is 0 Å². The molecule has 1 unspecified atom stereocenters. The van der Waals surface area contributed by atoms with Gasteiger partial charge in [0.05, 0.1) is 23.0 Å². The van der Waals surface area contributed by atoms with Crippen LogP contribution >= 0.6 is 44.1 Å². The van der Waals surface area contributed by atoms with E-state index in [1.807, 2.05) is 42.6 Å². The van der Waals surface area contributed by atoms with Crippen LogP contribution in [0.5, 0.6) is 0 Å². The second kappa shape index (κ2) is 8.09. The number of para-hydroxylation sites is 1. The first-order valence-corrected chi connectivity index (χ1v) is 12.2. The Hall–Kier alpha value is -3.01. The zero-order chi connectivity index (χ0) is 22.5. The molecule has 33 heavy (non-hydrogen) atoms. The van der Waals surface area contributed by atoms with Crippen LogP contribution in [0.2, 0.25) is 0 Å². The molecule has 0 radical (unpaired) electrons. The van der Waals surface area contributed by atoms with Gasteiger partial charge in [0.25, 0.3) is 0 Å². The normalized spacial score (nSPS) is 16.1. The number of benzene rings is 3. The number of halogens is 2. The van der Waals surface area contributed by atoms with Gasteiger partial charge in [0.15, 0.2) is 0 Å². The number of H-pyrrole nitrogens is 2. The van der Waals surface area contributed by atoms with Crippen molar-refractivity contribution in [2.24, 2.45) is 4.99 Å². The Balaban J connectivity index is 1.51. The number of amidine groups is 1. The third-order valence-electron chi connectivity index (χ3n) is 5.72. The molecule has 0 bridgehead atoms. The van der Waals surface area contributed by atoms with Gasteiger partial charge in [-0.2, -0.15) is 0 Å². The molecule has 0 spiro atoms. The van der Waals surface area contributed by atoms with Crippen molar-refractivity contribution in [2.75, 3.05) is 10.2 Å². The fraction of sp³-hybridized carbons (Fsp3) is 0.0417. The average Bonchev–Trinajstić information content (AvgIpc) is 3.52. The lowest BCUT2D eigenvalue weighted by atomic mass is 10.0. The first kappa shape index (κ1) is 20.6. The SMILES string of the molecule is S=C1N=C(Nc2ccccc2Br)C(c2cc3cc[nH]c3cc2Br)N1c1ccc2nc[nH]c2c1. The fourth-order valence-corrected chi connectivity index (χ4v) is 5.42. The Morgan fingerprint density at radius 2 is 1.82 bits per heavy atom. The Morgan fingerprint density at radius 3 is 2.70 bits per heavy atom. The summed E-state index contributed by atoms with van der Waals surface area (Å²) in [5.41, 5.74) is 5.84. The van der Waals surface area contributed by atoms with E-state index in [4.69, 9.17) is 17.2 Å². The Kier molecular flexibility index (Phi) is 5.05. The van der Waals surface area contributed by atoms with Crippen molar-refractivity contribution in [1.29, 1.82) is 0 Å². The van der Waals surface area contributed by atoms with Gasteiger partial charge in [-0.1, -0.05) is 28.1 Å². The monoisotopic (exact) mass is 578 g/mol. The minimum absolute atomic E-state index is 0.251. The van der Waals surface area contributed by atoms with E-state index >= 15 is 0 Å². The van der Waals surface area contributed by atoms with Gasteiger partial charge >= 0.3 is 0 Å². The van der Waals surface area contributed by atoms with Gasteiger partial charge in [0.2, 0.25) is 5.11 Å². The molecule has 3 heterocycles. The highest BCUT2D eigenvalue weighted by Gasteiger charge is 2.37. The van der Waals surface area contributed by atoms with Gasteiger partial charge in [0, 0.05) is 26.3 Å². The predicted octanol–water partition coefficient (Wildman–Crippen LogP) is 6.93. The molecule has 5 aromatic rings. The molecule has 0 amide bonds. The van der Waals surface area contributed by atoms with Crippen LogP contribution in [0, 0.1) is 0 Å². The fourth-order valence-electron chi connectivity index (χ4n) is 4.17. The average molecular weight is 580 g/mol. The number of aromatic amines is 2. The summed E-state index contributed by atoms with van der Waals surface area (Å²) in [6, 6.07) is 20.1. The Morgan fingerprint density at radius 1 is 0.939 bits per heavy atom. The van der Waals surface area contributed by atoms with Gasteiger partial charge < -0.3 is 20.2 Å². The number of hydrogen-bond acceptors (Lipinski definition) is 3. The maximum Gasteiger partial charge on any atom is 0.202 e. The lowest BCUT2D eigenvalue weighted by molar-refractivity contribution is 0.944. The van der Waals surface area contributed by atoms with Crippen molar-refractivity contribution < 1.29 is 0 Å². The van der Waals surface area contributed by atoms with Crippen LogP contribution in [0.25, 0.3) is 21.9 Å². The molecule has 0 fully saturated rings. The van der Waals surface area contributed by atoms with Crippen LogP contribution in [0.3, 0.4) is 0 Å². The summed E-state index contributed by atoms with van der Waals surface area (Å²) in [5, 5.41) is 5.13. The number of rotatable bonds is 3. The van der Waals surface area contributed by atoms with Crippen molar-refractivity contribution in [3.05, 3.63) is 87.7 Å². The number of aromatic nitrogens is 3. The van der Waals surface area contributed by atoms with Gasteiger partial charge in [-0.3, -0.25) is 0 Å². The lowest BCUT2D eigenvalue weighted by Gasteiger charge is -2.28. The first-order valence-electron chi connectivity index (χ1n) is 10.2. The van der Waals surface area contributed by atoms with Crippen molar-refractivity contribution in [1.82, 2.24) is 15.0 Å². The summed E-state index contributed by atoms with van der Waals surface area (Å²) < 4.78 is 1.93. The molecule has 0 aliphatic carbocycles. The highest BCUT2D eigenvalue weighted by molar-refractivity contribution is 9.11. The molecule has 9 heteroatoms. The van der Waals surface area contributed by atoms with Gasteiger partial charge in [0.1, 0.15) is 11.9 Å². The van der Waals surface area contributed by atoms with E-state index in [2.05, 4.69) is 81.3 Å². The van der Waals surface area contributed by atoms with Crippen molar-refractivity contribution >= 4 is 88.3 Å². The number of aliphatic imine (C=N–C) groups is 1. The van der Waals surface area contributed by atoms with Crippen LogP contribution in [-0.2, 0) is 0 Å². The second-order valence-electron chi connectivity index (χ2n) is 7.70. The number of nitrogens with one attached hydrogen (secondary N) is 3.